The number of carbonyl (C=O) groups is 3. The third-order valence-electron chi connectivity index (χ3n) is 6.58. The predicted octanol–water partition coefficient (Wildman–Crippen LogP) is 0.317. The molecule has 2 aliphatic heterocycles. The lowest BCUT2D eigenvalue weighted by molar-refractivity contribution is -0.176. The van der Waals surface area contributed by atoms with Crippen molar-refractivity contribution < 1.29 is 32.7 Å². The van der Waals surface area contributed by atoms with Crippen molar-refractivity contribution in [2.75, 3.05) is 6.54 Å². The molecule has 1 saturated carbocycles. The van der Waals surface area contributed by atoms with Crippen LogP contribution < -0.4 is 16.0 Å². The Morgan fingerprint density at radius 2 is 1.77 bits per heavy atom. The Morgan fingerprint density at radius 3 is 2.23 bits per heavy atom. The number of alkyl halides is 3. The van der Waals surface area contributed by atoms with Gasteiger partial charge in [0.05, 0.1) is 6.17 Å². The largest absolute Gasteiger partial charge is 0.471 e. The number of hydrogen-bond acceptors (Lipinski definition) is 5. The van der Waals surface area contributed by atoms with Crippen LogP contribution >= 0.6 is 0 Å². The van der Waals surface area contributed by atoms with Crippen LogP contribution in [-0.4, -0.2) is 64.9 Å². The van der Waals surface area contributed by atoms with Gasteiger partial charge in [0.2, 0.25) is 11.8 Å². The van der Waals surface area contributed by atoms with Crippen molar-refractivity contribution in [1.82, 2.24) is 20.9 Å². The van der Waals surface area contributed by atoms with E-state index in [0.29, 0.717) is 6.42 Å². The van der Waals surface area contributed by atoms with Crippen molar-refractivity contribution in [1.29, 1.82) is 0 Å². The Morgan fingerprint density at radius 1 is 1.20 bits per heavy atom. The first-order valence-electron chi connectivity index (χ1n) is 9.98. The van der Waals surface area contributed by atoms with Crippen molar-refractivity contribution in [3.63, 3.8) is 0 Å². The molecule has 8 nitrogen and oxygen atoms in total. The average Bonchev–Trinajstić information content (AvgIpc) is 2.92. The summed E-state index contributed by atoms with van der Waals surface area (Å²) in [5.41, 5.74) is -1.17. The van der Waals surface area contributed by atoms with Crippen LogP contribution in [0.4, 0.5) is 13.2 Å². The number of halogens is 3. The molecule has 0 spiro atoms. The number of rotatable bonds is 4. The minimum absolute atomic E-state index is 0.0519. The summed E-state index contributed by atoms with van der Waals surface area (Å²) in [6, 6.07) is -2.28. The smallest absolute Gasteiger partial charge is 0.378 e. The third-order valence-corrected chi connectivity index (χ3v) is 6.58. The lowest BCUT2D eigenvalue weighted by atomic mass is 9.85. The molecule has 4 N–H and O–H groups in total. The summed E-state index contributed by atoms with van der Waals surface area (Å²) >= 11 is 0. The Labute approximate surface area is 172 Å². The number of nitrogens with one attached hydrogen (secondary N) is 3. The maximum atomic E-state index is 13.3. The van der Waals surface area contributed by atoms with E-state index in [1.807, 2.05) is 19.2 Å². The third kappa shape index (κ3) is 4.01. The molecule has 170 valence electrons. The standard InChI is InChI=1S/C19H29F3N4O4/c1-17(2,3)13(25-16(30)19(20,21)22)15(29)26-7-8-11(18(8,4)5)12(26)14(28)24-9-6-10(27)23-9/h8-13,23,27H,6-7H2,1-5H3,(H,24,28)(H,25,30)/t8-,9?,10?,11-,12-,13+/m0/s1. The van der Waals surface area contributed by atoms with E-state index < -0.39 is 53.8 Å². The summed E-state index contributed by atoms with van der Waals surface area (Å²) in [6.07, 6.45) is -5.92. The van der Waals surface area contributed by atoms with E-state index in [0.717, 1.165) is 0 Å². The highest BCUT2D eigenvalue weighted by molar-refractivity contribution is 5.94. The van der Waals surface area contributed by atoms with Crippen molar-refractivity contribution in [2.45, 2.75) is 71.7 Å². The molecule has 2 heterocycles. The van der Waals surface area contributed by atoms with Gasteiger partial charge in [0.1, 0.15) is 18.3 Å². The van der Waals surface area contributed by atoms with E-state index in [-0.39, 0.29) is 23.8 Å². The molecule has 3 aliphatic rings. The molecule has 2 unspecified atom stereocenters. The number of likely N-dealkylation sites (tertiary alicyclic amines) is 1. The van der Waals surface area contributed by atoms with Crippen molar-refractivity contribution in [3.8, 4) is 0 Å². The van der Waals surface area contributed by atoms with Crippen LogP contribution in [0.3, 0.4) is 0 Å². The maximum absolute atomic E-state index is 13.3. The van der Waals surface area contributed by atoms with Gasteiger partial charge < -0.3 is 20.6 Å². The normalized spacial score (nSPS) is 33.2. The number of fused-ring (bicyclic) bond motifs is 1. The first-order valence-corrected chi connectivity index (χ1v) is 9.98. The SMILES string of the molecule is CC(C)(C)[C@H](NC(=O)C(F)(F)F)C(=O)N1C[C@H]2[C@@H]([C@H]1C(=O)NC1CC(O)N1)C2(C)C. The van der Waals surface area contributed by atoms with Crippen molar-refractivity contribution >= 4 is 17.7 Å². The topological polar surface area (TPSA) is 111 Å². The monoisotopic (exact) mass is 434 g/mol. The van der Waals surface area contributed by atoms with Gasteiger partial charge in [0.25, 0.3) is 0 Å². The maximum Gasteiger partial charge on any atom is 0.471 e. The molecule has 0 radical (unpaired) electrons. The fraction of sp³-hybridized carbons (Fsp3) is 0.842. The highest BCUT2D eigenvalue weighted by Gasteiger charge is 2.70. The molecule has 0 bridgehead atoms. The highest BCUT2D eigenvalue weighted by Crippen LogP contribution is 2.65. The van der Waals surface area contributed by atoms with Gasteiger partial charge in [-0.25, -0.2) is 0 Å². The number of nitrogens with zero attached hydrogens (tertiary/aromatic N) is 1. The van der Waals surface area contributed by atoms with Gasteiger partial charge in [-0.05, 0) is 22.7 Å². The van der Waals surface area contributed by atoms with Crippen molar-refractivity contribution in [3.05, 3.63) is 0 Å². The van der Waals surface area contributed by atoms with E-state index in [1.165, 1.54) is 4.90 Å². The van der Waals surface area contributed by atoms with Crippen LogP contribution in [0.15, 0.2) is 0 Å². The lowest BCUT2D eigenvalue weighted by Gasteiger charge is -2.39. The van der Waals surface area contributed by atoms with Crippen LogP contribution in [0, 0.1) is 22.7 Å². The van der Waals surface area contributed by atoms with Crippen LogP contribution in [-0.2, 0) is 14.4 Å². The Balaban J connectivity index is 1.80. The quantitative estimate of drug-likeness (QED) is 0.509. The molecule has 0 aromatic rings. The van der Waals surface area contributed by atoms with Crippen molar-refractivity contribution in [2.24, 2.45) is 22.7 Å². The van der Waals surface area contributed by atoms with Crippen LogP contribution in [0.2, 0.25) is 0 Å². The molecular formula is C19H29F3N4O4. The van der Waals surface area contributed by atoms with E-state index in [1.54, 1.807) is 20.8 Å². The molecule has 3 fully saturated rings. The van der Waals surface area contributed by atoms with Gasteiger partial charge in [-0.3, -0.25) is 19.7 Å². The second-order valence-electron chi connectivity index (χ2n) is 10.1. The number of aliphatic hydroxyl groups excluding tert-OH is 1. The van der Waals surface area contributed by atoms with Crippen LogP contribution in [0.1, 0.15) is 41.0 Å². The van der Waals surface area contributed by atoms with Gasteiger partial charge in [-0.15, -0.1) is 0 Å². The van der Waals surface area contributed by atoms with Gasteiger partial charge in [-0.2, -0.15) is 13.2 Å². The molecule has 3 rings (SSSR count). The van der Waals surface area contributed by atoms with E-state index in [9.17, 15) is 32.7 Å². The van der Waals surface area contributed by atoms with Gasteiger partial charge in [-0.1, -0.05) is 34.6 Å². The molecule has 6 atom stereocenters. The highest BCUT2D eigenvalue weighted by atomic mass is 19.4. The number of amides is 3. The molecule has 2 saturated heterocycles. The number of hydrogen-bond donors (Lipinski definition) is 4. The molecule has 11 heteroatoms. The van der Waals surface area contributed by atoms with Gasteiger partial charge in [0, 0.05) is 13.0 Å². The molecule has 0 aromatic carbocycles. The first-order chi connectivity index (χ1) is 13.5. The number of piperidine rings is 1. The second-order valence-corrected chi connectivity index (χ2v) is 10.1. The fourth-order valence-electron chi connectivity index (χ4n) is 4.63. The first kappa shape index (κ1) is 22.8. The zero-order valence-corrected chi connectivity index (χ0v) is 17.6. The Kier molecular flexibility index (Phi) is 5.38. The molecular weight excluding hydrogens is 405 g/mol. The molecule has 0 aromatic heterocycles. The summed E-state index contributed by atoms with van der Waals surface area (Å²) in [5.74, 6) is -3.37. The minimum atomic E-state index is -5.12. The van der Waals surface area contributed by atoms with Crippen LogP contribution in [0.25, 0.3) is 0 Å². The van der Waals surface area contributed by atoms with Gasteiger partial charge >= 0.3 is 12.1 Å². The number of aliphatic hydroxyl groups is 1. The summed E-state index contributed by atoms with van der Waals surface area (Å²) in [5, 5.41) is 16.6. The summed E-state index contributed by atoms with van der Waals surface area (Å²) in [6.45, 7) is 8.89. The van der Waals surface area contributed by atoms with Gasteiger partial charge in [0.15, 0.2) is 0 Å². The Bertz CT molecular complexity index is 743. The average molecular weight is 434 g/mol. The zero-order chi connectivity index (χ0) is 22.8. The molecule has 30 heavy (non-hydrogen) atoms. The molecule has 1 aliphatic carbocycles. The van der Waals surface area contributed by atoms with E-state index in [2.05, 4.69) is 10.6 Å². The van der Waals surface area contributed by atoms with E-state index >= 15 is 0 Å². The summed E-state index contributed by atoms with van der Waals surface area (Å²) in [4.78, 5) is 39.1. The molecule has 3 amide bonds. The Hall–Kier alpha value is -1.88. The van der Waals surface area contributed by atoms with E-state index in [4.69, 9.17) is 0 Å². The lowest BCUT2D eigenvalue weighted by Crippen LogP contribution is -2.65. The fourth-order valence-corrected chi connectivity index (χ4v) is 4.63. The van der Waals surface area contributed by atoms with Crippen LogP contribution in [0.5, 0.6) is 0 Å². The second kappa shape index (κ2) is 7.08. The predicted molar refractivity (Wildman–Crippen MR) is 99.4 cm³/mol. The summed E-state index contributed by atoms with van der Waals surface area (Å²) < 4.78 is 38.4. The number of carbonyl (C=O) groups excluding carboxylic acids is 3. The summed E-state index contributed by atoms with van der Waals surface area (Å²) in [7, 11) is 0. The minimum Gasteiger partial charge on any atom is -0.378 e. The zero-order valence-electron chi connectivity index (χ0n) is 17.6.